The van der Waals surface area contributed by atoms with Crippen molar-refractivity contribution in [2.45, 2.75) is 64.7 Å². The van der Waals surface area contributed by atoms with Crippen molar-refractivity contribution >= 4 is 17.3 Å². The fourth-order valence-electron chi connectivity index (χ4n) is 3.05. The molecule has 0 atom stereocenters. The van der Waals surface area contributed by atoms with E-state index in [-0.39, 0.29) is 5.91 Å². The lowest BCUT2D eigenvalue weighted by Crippen LogP contribution is -2.28. The number of nitrogens with two attached hydrogens (primary N) is 1. The molecular formula is C18H28N2O. The van der Waals surface area contributed by atoms with Gasteiger partial charge in [-0.25, -0.2) is 0 Å². The molecule has 0 unspecified atom stereocenters. The van der Waals surface area contributed by atoms with Crippen LogP contribution in [0.2, 0.25) is 0 Å². The summed E-state index contributed by atoms with van der Waals surface area (Å²) in [4.78, 5) is 14.3. The normalized spacial score (nSPS) is 13.5. The van der Waals surface area contributed by atoms with Gasteiger partial charge in [-0.2, -0.15) is 0 Å². The molecule has 1 heterocycles. The minimum Gasteiger partial charge on any atom is -0.399 e. The highest BCUT2D eigenvalue weighted by Gasteiger charge is 2.23. The van der Waals surface area contributed by atoms with E-state index in [1.807, 2.05) is 23.1 Å². The van der Waals surface area contributed by atoms with Gasteiger partial charge in [0.15, 0.2) is 0 Å². The Morgan fingerprint density at radius 1 is 1.14 bits per heavy atom. The number of benzene rings is 1. The van der Waals surface area contributed by atoms with E-state index in [1.54, 1.807) is 0 Å². The third-order valence-corrected chi connectivity index (χ3v) is 4.29. The Labute approximate surface area is 128 Å². The SMILES string of the molecule is CCCCCCCCCC(=O)N1CCc2cc(N)ccc21. The number of unbranched alkanes of at least 4 members (excludes halogenated alkanes) is 6. The number of carbonyl (C=O) groups is 1. The molecule has 0 spiro atoms. The average molecular weight is 288 g/mol. The monoisotopic (exact) mass is 288 g/mol. The molecule has 2 rings (SSSR count). The second-order valence-electron chi connectivity index (χ2n) is 6.05. The van der Waals surface area contributed by atoms with E-state index in [4.69, 9.17) is 5.73 Å². The molecule has 0 aromatic heterocycles. The van der Waals surface area contributed by atoms with Gasteiger partial charge in [-0.1, -0.05) is 45.4 Å². The molecule has 3 nitrogen and oxygen atoms in total. The van der Waals surface area contributed by atoms with Crippen LogP contribution in [-0.4, -0.2) is 12.5 Å². The molecule has 1 aliphatic heterocycles. The lowest BCUT2D eigenvalue weighted by molar-refractivity contribution is -0.118. The molecular weight excluding hydrogens is 260 g/mol. The van der Waals surface area contributed by atoms with Crippen LogP contribution in [0.1, 0.15) is 63.9 Å². The third-order valence-electron chi connectivity index (χ3n) is 4.29. The van der Waals surface area contributed by atoms with Crippen molar-refractivity contribution in [1.29, 1.82) is 0 Å². The van der Waals surface area contributed by atoms with E-state index in [0.717, 1.165) is 30.8 Å². The molecule has 0 radical (unpaired) electrons. The molecule has 1 aliphatic rings. The number of nitrogens with zero attached hydrogens (tertiary/aromatic N) is 1. The molecule has 3 heteroatoms. The maximum Gasteiger partial charge on any atom is 0.226 e. The Hall–Kier alpha value is -1.51. The van der Waals surface area contributed by atoms with Gasteiger partial charge in [-0.3, -0.25) is 4.79 Å². The van der Waals surface area contributed by atoms with Crippen molar-refractivity contribution in [3.05, 3.63) is 23.8 Å². The first-order chi connectivity index (χ1) is 10.2. The van der Waals surface area contributed by atoms with E-state index < -0.39 is 0 Å². The van der Waals surface area contributed by atoms with Crippen LogP contribution in [0.15, 0.2) is 18.2 Å². The average Bonchev–Trinajstić information content (AvgIpc) is 2.89. The quantitative estimate of drug-likeness (QED) is 0.572. The van der Waals surface area contributed by atoms with Gasteiger partial charge in [-0.05, 0) is 36.6 Å². The summed E-state index contributed by atoms with van der Waals surface area (Å²) in [6, 6.07) is 5.87. The summed E-state index contributed by atoms with van der Waals surface area (Å²) >= 11 is 0. The largest absolute Gasteiger partial charge is 0.399 e. The van der Waals surface area contributed by atoms with Crippen LogP contribution in [0.3, 0.4) is 0 Å². The minimum absolute atomic E-state index is 0.270. The lowest BCUT2D eigenvalue weighted by atomic mass is 10.1. The number of rotatable bonds is 8. The van der Waals surface area contributed by atoms with Gasteiger partial charge in [0.2, 0.25) is 5.91 Å². The molecule has 0 saturated heterocycles. The van der Waals surface area contributed by atoms with E-state index in [0.29, 0.717) is 6.42 Å². The Morgan fingerprint density at radius 3 is 2.62 bits per heavy atom. The summed E-state index contributed by atoms with van der Waals surface area (Å²) in [6.45, 7) is 3.05. The van der Waals surface area contributed by atoms with Crippen LogP contribution in [0.25, 0.3) is 0 Å². The van der Waals surface area contributed by atoms with Crippen molar-refractivity contribution in [2.24, 2.45) is 0 Å². The van der Waals surface area contributed by atoms with Crippen molar-refractivity contribution in [1.82, 2.24) is 0 Å². The Bertz CT molecular complexity index is 470. The highest BCUT2D eigenvalue weighted by Crippen LogP contribution is 2.30. The first-order valence-electron chi connectivity index (χ1n) is 8.41. The van der Waals surface area contributed by atoms with E-state index >= 15 is 0 Å². The number of amides is 1. The number of anilines is 2. The maximum absolute atomic E-state index is 12.3. The Kier molecular flexibility index (Phi) is 6.09. The number of hydrogen-bond acceptors (Lipinski definition) is 2. The molecule has 0 saturated carbocycles. The van der Waals surface area contributed by atoms with Crippen LogP contribution in [-0.2, 0) is 11.2 Å². The first kappa shape index (κ1) is 15.9. The van der Waals surface area contributed by atoms with E-state index in [1.165, 1.54) is 44.1 Å². The van der Waals surface area contributed by atoms with Gasteiger partial charge in [-0.15, -0.1) is 0 Å². The van der Waals surface area contributed by atoms with Gasteiger partial charge < -0.3 is 10.6 Å². The fraction of sp³-hybridized carbons (Fsp3) is 0.611. The first-order valence-corrected chi connectivity index (χ1v) is 8.41. The fourth-order valence-corrected chi connectivity index (χ4v) is 3.05. The van der Waals surface area contributed by atoms with Crippen molar-refractivity contribution < 1.29 is 4.79 Å². The van der Waals surface area contributed by atoms with Crippen molar-refractivity contribution in [2.75, 3.05) is 17.2 Å². The van der Waals surface area contributed by atoms with Crippen LogP contribution in [0.5, 0.6) is 0 Å². The number of fused-ring (bicyclic) bond motifs is 1. The van der Waals surface area contributed by atoms with Gasteiger partial charge in [0.1, 0.15) is 0 Å². The zero-order valence-electron chi connectivity index (χ0n) is 13.2. The van der Waals surface area contributed by atoms with Gasteiger partial charge in [0.25, 0.3) is 0 Å². The number of hydrogen-bond donors (Lipinski definition) is 1. The van der Waals surface area contributed by atoms with Crippen LogP contribution < -0.4 is 10.6 Å². The predicted octanol–water partition coefficient (Wildman–Crippen LogP) is 4.30. The third kappa shape index (κ3) is 4.48. The molecule has 1 amide bonds. The van der Waals surface area contributed by atoms with Gasteiger partial charge >= 0.3 is 0 Å². The molecule has 21 heavy (non-hydrogen) atoms. The zero-order chi connectivity index (χ0) is 15.1. The topological polar surface area (TPSA) is 46.3 Å². The lowest BCUT2D eigenvalue weighted by Gasteiger charge is -2.17. The van der Waals surface area contributed by atoms with E-state index in [9.17, 15) is 4.79 Å². The smallest absolute Gasteiger partial charge is 0.226 e. The Balaban J connectivity index is 1.71. The molecule has 0 bridgehead atoms. The second kappa shape index (κ2) is 8.06. The van der Waals surface area contributed by atoms with Crippen molar-refractivity contribution in [3.63, 3.8) is 0 Å². The number of nitrogen functional groups attached to an aromatic ring is 1. The number of carbonyl (C=O) groups excluding carboxylic acids is 1. The predicted molar refractivity (Wildman–Crippen MR) is 89.5 cm³/mol. The molecule has 1 aromatic carbocycles. The van der Waals surface area contributed by atoms with Gasteiger partial charge in [0, 0.05) is 24.3 Å². The van der Waals surface area contributed by atoms with E-state index in [2.05, 4.69) is 6.92 Å². The Morgan fingerprint density at radius 2 is 1.86 bits per heavy atom. The summed E-state index contributed by atoms with van der Waals surface area (Å²) in [5.74, 6) is 0.270. The van der Waals surface area contributed by atoms with Crippen LogP contribution >= 0.6 is 0 Å². The minimum atomic E-state index is 0.270. The molecule has 116 valence electrons. The zero-order valence-corrected chi connectivity index (χ0v) is 13.2. The standard InChI is InChI=1S/C18H28N2O/c1-2-3-4-5-6-7-8-9-18(21)20-13-12-15-14-16(19)10-11-17(15)20/h10-11,14H,2-9,12-13,19H2,1H3. The summed E-state index contributed by atoms with van der Waals surface area (Å²) in [7, 11) is 0. The van der Waals surface area contributed by atoms with Crippen molar-refractivity contribution in [3.8, 4) is 0 Å². The second-order valence-corrected chi connectivity index (χ2v) is 6.05. The van der Waals surface area contributed by atoms with Gasteiger partial charge in [0.05, 0.1) is 0 Å². The molecule has 2 N–H and O–H groups in total. The highest BCUT2D eigenvalue weighted by atomic mass is 16.2. The maximum atomic E-state index is 12.3. The van der Waals surface area contributed by atoms with Crippen LogP contribution in [0.4, 0.5) is 11.4 Å². The summed E-state index contributed by atoms with van der Waals surface area (Å²) in [6.07, 6.45) is 10.4. The summed E-state index contributed by atoms with van der Waals surface area (Å²) in [5, 5.41) is 0. The summed E-state index contributed by atoms with van der Waals surface area (Å²) in [5.41, 5.74) is 8.86. The molecule has 0 aliphatic carbocycles. The highest BCUT2D eigenvalue weighted by molar-refractivity contribution is 5.95. The summed E-state index contributed by atoms with van der Waals surface area (Å²) < 4.78 is 0. The van der Waals surface area contributed by atoms with Crippen LogP contribution in [0, 0.1) is 0 Å². The molecule has 1 aromatic rings. The molecule has 0 fully saturated rings.